The van der Waals surface area contributed by atoms with Crippen LogP contribution in [0.25, 0.3) is 0 Å². The number of thiophene rings is 1. The van der Waals surface area contributed by atoms with E-state index in [0.717, 1.165) is 6.07 Å². The van der Waals surface area contributed by atoms with Crippen LogP contribution < -0.4 is 15.4 Å². The Labute approximate surface area is 135 Å². The number of ether oxygens (including phenoxy) is 1. The number of carbonyl (C=O) groups excluding carboxylic acids is 1. The van der Waals surface area contributed by atoms with Crippen molar-refractivity contribution >= 4 is 34.7 Å². The number of nitrogens with one attached hydrogen (secondary N) is 2. The van der Waals surface area contributed by atoms with Crippen molar-refractivity contribution in [2.45, 2.75) is 6.10 Å². The smallest absolute Gasteiger partial charge is 0.319 e. The Hall–Kier alpha value is -1.83. The first-order chi connectivity index (χ1) is 10.5. The molecule has 0 aliphatic carbocycles. The number of hydrogen-bond donors (Lipinski definition) is 3. The van der Waals surface area contributed by atoms with Crippen LogP contribution >= 0.6 is 22.9 Å². The van der Waals surface area contributed by atoms with E-state index in [4.69, 9.17) is 16.3 Å². The minimum Gasteiger partial charge on any atom is -0.495 e. The van der Waals surface area contributed by atoms with Gasteiger partial charge in [0.1, 0.15) is 17.7 Å². The maximum atomic E-state index is 13.2. The molecule has 0 saturated carbocycles. The topological polar surface area (TPSA) is 70.6 Å². The fourth-order valence-corrected chi connectivity index (χ4v) is 2.79. The molecule has 118 valence electrons. The lowest BCUT2D eigenvalue weighted by molar-refractivity contribution is 0.178. The summed E-state index contributed by atoms with van der Waals surface area (Å²) in [4.78, 5) is 12.4. The van der Waals surface area contributed by atoms with Crippen molar-refractivity contribution in [1.82, 2.24) is 5.32 Å². The zero-order valence-corrected chi connectivity index (χ0v) is 13.2. The number of rotatable bonds is 5. The second-order valence-corrected chi connectivity index (χ2v) is 6.08. The molecule has 1 aromatic carbocycles. The Bertz CT molecular complexity index is 665. The van der Waals surface area contributed by atoms with Crippen LogP contribution in [0, 0.1) is 5.82 Å². The van der Waals surface area contributed by atoms with Crippen molar-refractivity contribution in [1.29, 1.82) is 0 Å². The third-order valence-electron chi connectivity index (χ3n) is 2.79. The quantitative estimate of drug-likeness (QED) is 0.778. The van der Waals surface area contributed by atoms with Gasteiger partial charge in [0.05, 0.1) is 23.7 Å². The van der Waals surface area contributed by atoms with E-state index in [1.54, 1.807) is 12.1 Å². The van der Waals surface area contributed by atoms with Crippen molar-refractivity contribution in [2.24, 2.45) is 0 Å². The van der Waals surface area contributed by atoms with Gasteiger partial charge in [0.2, 0.25) is 0 Å². The molecule has 0 fully saturated rings. The predicted molar refractivity (Wildman–Crippen MR) is 84.3 cm³/mol. The minimum absolute atomic E-state index is 0.000304. The number of carbonyl (C=O) groups is 1. The van der Waals surface area contributed by atoms with E-state index >= 15 is 0 Å². The van der Waals surface area contributed by atoms with Crippen molar-refractivity contribution in [2.75, 3.05) is 19.0 Å². The summed E-state index contributed by atoms with van der Waals surface area (Å²) in [6.45, 7) is 0.000304. The molecule has 2 aromatic rings. The van der Waals surface area contributed by atoms with Gasteiger partial charge >= 0.3 is 6.03 Å². The molecule has 5 nitrogen and oxygen atoms in total. The Morgan fingerprint density at radius 3 is 2.86 bits per heavy atom. The molecule has 1 unspecified atom stereocenters. The first-order valence-corrected chi connectivity index (χ1v) is 7.50. The number of amides is 2. The van der Waals surface area contributed by atoms with Gasteiger partial charge in [-0.05, 0) is 24.3 Å². The summed E-state index contributed by atoms with van der Waals surface area (Å²) >= 11 is 7.01. The van der Waals surface area contributed by atoms with Crippen LogP contribution in [-0.4, -0.2) is 24.8 Å². The van der Waals surface area contributed by atoms with E-state index in [9.17, 15) is 14.3 Å². The van der Waals surface area contributed by atoms with Crippen LogP contribution in [-0.2, 0) is 0 Å². The SMILES string of the molecule is COc1ccc(F)cc1NC(=O)NCC(O)c1ccc(Cl)s1. The molecule has 0 radical (unpaired) electrons. The summed E-state index contributed by atoms with van der Waals surface area (Å²) in [6, 6.07) is 6.56. The third-order valence-corrected chi connectivity index (χ3v) is 4.12. The molecule has 1 heterocycles. The number of urea groups is 1. The Morgan fingerprint density at radius 2 is 2.23 bits per heavy atom. The van der Waals surface area contributed by atoms with Crippen LogP contribution in [0.5, 0.6) is 5.75 Å². The van der Waals surface area contributed by atoms with Crippen LogP contribution in [0.15, 0.2) is 30.3 Å². The highest BCUT2D eigenvalue weighted by Gasteiger charge is 2.13. The second-order valence-electron chi connectivity index (χ2n) is 4.34. The van der Waals surface area contributed by atoms with E-state index in [0.29, 0.717) is 15.0 Å². The van der Waals surface area contributed by atoms with E-state index in [2.05, 4.69) is 10.6 Å². The number of anilines is 1. The molecule has 1 aromatic heterocycles. The van der Waals surface area contributed by atoms with Crippen LogP contribution in [0.3, 0.4) is 0 Å². The predicted octanol–water partition coefficient (Wildman–Crippen LogP) is 3.40. The minimum atomic E-state index is -0.863. The van der Waals surface area contributed by atoms with E-state index in [1.807, 2.05) is 0 Å². The fourth-order valence-electron chi connectivity index (χ4n) is 1.74. The first kappa shape index (κ1) is 16.5. The Morgan fingerprint density at radius 1 is 1.45 bits per heavy atom. The monoisotopic (exact) mass is 344 g/mol. The zero-order valence-electron chi connectivity index (χ0n) is 11.6. The highest BCUT2D eigenvalue weighted by atomic mass is 35.5. The molecule has 0 saturated heterocycles. The maximum Gasteiger partial charge on any atom is 0.319 e. The summed E-state index contributed by atoms with van der Waals surface area (Å²) in [7, 11) is 1.42. The van der Waals surface area contributed by atoms with Gasteiger partial charge in [-0.1, -0.05) is 11.6 Å². The normalized spacial score (nSPS) is 11.8. The molecule has 2 amide bonds. The molecular weight excluding hydrogens is 331 g/mol. The van der Waals surface area contributed by atoms with Gasteiger partial charge < -0.3 is 20.5 Å². The average molecular weight is 345 g/mol. The number of benzene rings is 1. The van der Waals surface area contributed by atoms with E-state index in [-0.39, 0.29) is 12.2 Å². The molecular formula is C14H14ClFN2O3S. The molecule has 0 bridgehead atoms. The lowest BCUT2D eigenvalue weighted by Crippen LogP contribution is -2.32. The van der Waals surface area contributed by atoms with E-state index in [1.165, 1.54) is 30.6 Å². The van der Waals surface area contributed by atoms with Crippen LogP contribution in [0.2, 0.25) is 4.34 Å². The molecule has 3 N–H and O–H groups in total. The number of aliphatic hydroxyl groups is 1. The zero-order chi connectivity index (χ0) is 16.1. The van der Waals surface area contributed by atoms with Crippen molar-refractivity contribution in [3.05, 3.63) is 45.4 Å². The summed E-state index contributed by atoms with van der Waals surface area (Å²) < 4.78 is 18.8. The van der Waals surface area contributed by atoms with Crippen LogP contribution in [0.4, 0.5) is 14.9 Å². The standard InChI is InChI=1S/C14H14ClFN2O3S/c1-21-11-3-2-8(16)6-9(11)18-14(20)17-7-10(19)12-4-5-13(15)22-12/h2-6,10,19H,7H2,1H3,(H2,17,18,20). The lowest BCUT2D eigenvalue weighted by Gasteiger charge is -2.13. The number of halogens is 2. The van der Waals surface area contributed by atoms with Crippen molar-refractivity contribution in [3.8, 4) is 5.75 Å². The molecule has 0 spiro atoms. The van der Waals surface area contributed by atoms with Gasteiger partial charge in [-0.2, -0.15) is 0 Å². The van der Waals surface area contributed by atoms with Crippen molar-refractivity contribution in [3.63, 3.8) is 0 Å². The highest BCUT2D eigenvalue weighted by Crippen LogP contribution is 2.27. The van der Waals surface area contributed by atoms with Gasteiger partial charge in [-0.3, -0.25) is 0 Å². The lowest BCUT2D eigenvalue weighted by atomic mass is 10.3. The summed E-state index contributed by atoms with van der Waals surface area (Å²) in [5, 5.41) is 14.9. The molecule has 2 rings (SSSR count). The summed E-state index contributed by atoms with van der Waals surface area (Å²) in [6.07, 6.45) is -0.863. The molecule has 0 aliphatic rings. The summed E-state index contributed by atoms with van der Waals surface area (Å²) in [5.74, 6) is -0.161. The number of hydrogen-bond acceptors (Lipinski definition) is 4. The largest absolute Gasteiger partial charge is 0.495 e. The van der Waals surface area contributed by atoms with Crippen molar-refractivity contribution < 1.29 is 19.0 Å². The van der Waals surface area contributed by atoms with E-state index < -0.39 is 18.0 Å². The molecule has 0 aliphatic heterocycles. The first-order valence-electron chi connectivity index (χ1n) is 6.31. The highest BCUT2D eigenvalue weighted by molar-refractivity contribution is 7.16. The van der Waals surface area contributed by atoms with Gasteiger partial charge in [-0.25, -0.2) is 9.18 Å². The maximum absolute atomic E-state index is 13.2. The summed E-state index contributed by atoms with van der Waals surface area (Å²) in [5.41, 5.74) is 0.202. The third kappa shape index (κ3) is 4.33. The fraction of sp³-hybridized carbons (Fsp3) is 0.214. The molecule has 22 heavy (non-hydrogen) atoms. The molecule has 1 atom stereocenters. The van der Waals surface area contributed by atoms with Gasteiger partial charge in [0, 0.05) is 10.9 Å². The van der Waals surface area contributed by atoms with Crippen LogP contribution in [0.1, 0.15) is 11.0 Å². The average Bonchev–Trinajstić information content (AvgIpc) is 2.92. The second kappa shape index (κ2) is 7.44. The molecule has 8 heteroatoms. The number of aliphatic hydroxyl groups excluding tert-OH is 1. The Kier molecular flexibility index (Phi) is 5.59. The van der Waals surface area contributed by atoms with Gasteiger partial charge in [-0.15, -0.1) is 11.3 Å². The Balaban J connectivity index is 1.92. The van der Waals surface area contributed by atoms with Gasteiger partial charge in [0.15, 0.2) is 0 Å². The number of methoxy groups -OCH3 is 1. The van der Waals surface area contributed by atoms with Gasteiger partial charge in [0.25, 0.3) is 0 Å².